The maximum atomic E-state index is 5.16. The highest BCUT2D eigenvalue weighted by Gasteiger charge is 2.21. The first kappa shape index (κ1) is 34.9. The van der Waals surface area contributed by atoms with Crippen LogP contribution in [0.5, 0.6) is 0 Å². The molecule has 64 heavy (non-hydrogen) atoms. The molecule has 8 aromatic carbocycles. The molecule has 6 heterocycles. The number of hydrogen-bond donors (Lipinski definition) is 0. The number of fused-ring (bicyclic) bond motifs is 12. The van der Waals surface area contributed by atoms with Crippen LogP contribution in [0.1, 0.15) is 0 Å². The van der Waals surface area contributed by atoms with Crippen LogP contribution in [0.3, 0.4) is 0 Å². The number of rotatable bonds is 5. The lowest BCUT2D eigenvalue weighted by molar-refractivity contribution is 1.08. The van der Waals surface area contributed by atoms with Gasteiger partial charge in [0.15, 0.2) is 0 Å². The van der Waals surface area contributed by atoms with Crippen molar-refractivity contribution in [3.05, 3.63) is 219 Å². The molecular formula is C58H36N6. The van der Waals surface area contributed by atoms with Crippen LogP contribution in [-0.4, -0.2) is 28.2 Å². The fourth-order valence-electron chi connectivity index (χ4n) is 10.5. The van der Waals surface area contributed by atoms with Crippen LogP contribution in [0.4, 0.5) is 0 Å². The normalized spacial score (nSPS) is 12.1. The Morgan fingerprint density at radius 2 is 0.656 bits per heavy atom. The first-order chi connectivity index (χ1) is 31.8. The molecule has 0 saturated heterocycles. The van der Waals surface area contributed by atoms with Gasteiger partial charge in [0.05, 0.1) is 61.7 Å². The van der Waals surface area contributed by atoms with Crippen LogP contribution in [0.2, 0.25) is 0 Å². The minimum atomic E-state index is 0.849. The van der Waals surface area contributed by atoms with Gasteiger partial charge in [-0.2, -0.15) is 0 Å². The third kappa shape index (κ3) is 4.96. The predicted octanol–water partition coefficient (Wildman–Crippen LogP) is 14.5. The van der Waals surface area contributed by atoms with Gasteiger partial charge in [0.1, 0.15) is 5.82 Å². The zero-order chi connectivity index (χ0) is 41.9. The Bertz CT molecular complexity index is 4170. The summed E-state index contributed by atoms with van der Waals surface area (Å²) in [7, 11) is 0. The average molecular weight is 817 g/mol. The Kier molecular flexibility index (Phi) is 7.30. The molecular weight excluding hydrogens is 781 g/mol. The van der Waals surface area contributed by atoms with Crippen LogP contribution in [0, 0.1) is 0 Å². The van der Waals surface area contributed by atoms with Crippen molar-refractivity contribution in [3.63, 3.8) is 0 Å². The number of nitrogens with zero attached hydrogens (tertiary/aromatic N) is 6. The predicted molar refractivity (Wildman–Crippen MR) is 265 cm³/mol. The molecule has 6 heteroatoms. The highest BCUT2D eigenvalue weighted by atomic mass is 15.1. The minimum absolute atomic E-state index is 0.849. The van der Waals surface area contributed by atoms with Gasteiger partial charge in [-0.1, -0.05) is 109 Å². The summed E-state index contributed by atoms with van der Waals surface area (Å²) < 4.78 is 9.44. The zero-order valence-corrected chi connectivity index (χ0v) is 34.5. The molecule has 6 nitrogen and oxygen atoms in total. The molecule has 0 aliphatic rings. The number of benzene rings is 8. The van der Waals surface area contributed by atoms with Crippen LogP contribution < -0.4 is 0 Å². The van der Waals surface area contributed by atoms with E-state index in [1.807, 2.05) is 12.4 Å². The average Bonchev–Trinajstić information content (AvgIpc) is 4.08. The summed E-state index contributed by atoms with van der Waals surface area (Å²) in [6.07, 6.45) is 3.92. The summed E-state index contributed by atoms with van der Waals surface area (Å²) in [5, 5.41) is 9.67. The maximum absolute atomic E-state index is 5.16. The Labute approximate surface area is 366 Å². The lowest BCUT2D eigenvalue weighted by Gasteiger charge is -2.11. The summed E-state index contributed by atoms with van der Waals surface area (Å²) >= 11 is 0. The Morgan fingerprint density at radius 1 is 0.266 bits per heavy atom. The summed E-state index contributed by atoms with van der Waals surface area (Å²) in [5.41, 5.74) is 14.5. The van der Waals surface area contributed by atoms with Gasteiger partial charge in [0, 0.05) is 66.2 Å². The fraction of sp³-hybridized carbons (Fsp3) is 0. The van der Waals surface area contributed by atoms with Crippen molar-refractivity contribution in [1.29, 1.82) is 0 Å². The van der Waals surface area contributed by atoms with E-state index < -0.39 is 0 Å². The van der Waals surface area contributed by atoms with Crippen molar-refractivity contribution in [2.75, 3.05) is 0 Å². The number of pyridine rings is 2. The molecule has 0 atom stereocenters. The van der Waals surface area contributed by atoms with Crippen LogP contribution >= 0.6 is 0 Å². The van der Waals surface area contributed by atoms with Gasteiger partial charge >= 0.3 is 0 Å². The first-order valence-electron chi connectivity index (χ1n) is 21.7. The van der Waals surface area contributed by atoms with E-state index in [9.17, 15) is 0 Å². The molecule has 0 aliphatic carbocycles. The molecule has 0 N–H and O–H groups in total. The molecule has 0 aliphatic heterocycles. The molecule has 6 aromatic heterocycles. The van der Waals surface area contributed by atoms with Crippen molar-refractivity contribution >= 4 is 87.2 Å². The highest BCUT2D eigenvalue weighted by Crippen LogP contribution is 2.42. The second-order valence-electron chi connectivity index (χ2n) is 16.7. The molecule has 0 saturated carbocycles. The van der Waals surface area contributed by atoms with Crippen molar-refractivity contribution in [2.24, 2.45) is 0 Å². The van der Waals surface area contributed by atoms with E-state index in [0.717, 1.165) is 56.2 Å². The van der Waals surface area contributed by atoms with Crippen molar-refractivity contribution in [3.8, 4) is 34.1 Å². The summed E-state index contributed by atoms with van der Waals surface area (Å²) in [6.45, 7) is 0. The second-order valence-corrected chi connectivity index (χ2v) is 16.7. The van der Waals surface area contributed by atoms with Gasteiger partial charge < -0.3 is 13.7 Å². The minimum Gasteiger partial charge on any atom is -0.309 e. The quantitative estimate of drug-likeness (QED) is 0.174. The molecule has 14 rings (SSSR count). The van der Waals surface area contributed by atoms with Crippen molar-refractivity contribution in [1.82, 2.24) is 28.2 Å². The smallest absolute Gasteiger partial charge is 0.138 e. The van der Waals surface area contributed by atoms with Gasteiger partial charge in [-0.05, 0) is 97.1 Å². The molecule has 0 amide bonds. The largest absolute Gasteiger partial charge is 0.309 e. The number of para-hydroxylation sites is 6. The van der Waals surface area contributed by atoms with E-state index in [4.69, 9.17) is 9.97 Å². The topological polar surface area (TPSA) is 45.5 Å². The fourth-order valence-corrected chi connectivity index (χ4v) is 10.5. The van der Waals surface area contributed by atoms with Crippen molar-refractivity contribution < 1.29 is 0 Å². The summed E-state index contributed by atoms with van der Waals surface area (Å²) in [4.78, 5) is 10.2. The van der Waals surface area contributed by atoms with Gasteiger partial charge in [0.2, 0.25) is 0 Å². The monoisotopic (exact) mass is 816 g/mol. The van der Waals surface area contributed by atoms with E-state index in [-0.39, 0.29) is 0 Å². The van der Waals surface area contributed by atoms with Crippen molar-refractivity contribution in [2.45, 2.75) is 0 Å². The van der Waals surface area contributed by atoms with Crippen LogP contribution in [0.15, 0.2) is 219 Å². The molecule has 0 fully saturated rings. The first-order valence-corrected chi connectivity index (χ1v) is 21.7. The lowest BCUT2D eigenvalue weighted by atomic mass is 10.1. The lowest BCUT2D eigenvalue weighted by Crippen LogP contribution is -1.99. The maximum Gasteiger partial charge on any atom is 0.138 e. The summed E-state index contributed by atoms with van der Waals surface area (Å²) in [6, 6.07) is 74.1. The van der Waals surface area contributed by atoms with E-state index in [1.165, 1.54) is 65.2 Å². The molecule has 0 spiro atoms. The van der Waals surface area contributed by atoms with Gasteiger partial charge in [-0.3, -0.25) is 9.55 Å². The Morgan fingerprint density at radius 3 is 1.09 bits per heavy atom. The van der Waals surface area contributed by atoms with E-state index in [0.29, 0.717) is 0 Å². The molecule has 298 valence electrons. The number of hydrogen-bond acceptors (Lipinski definition) is 2. The second kappa shape index (κ2) is 13.4. The molecule has 0 radical (unpaired) electrons. The molecule has 0 unspecified atom stereocenters. The van der Waals surface area contributed by atoms with Gasteiger partial charge in [-0.25, -0.2) is 4.98 Å². The number of aromatic nitrogens is 6. The Hall–Kier alpha value is -8.74. The Balaban J connectivity index is 0.916. The third-order valence-corrected chi connectivity index (χ3v) is 13.2. The van der Waals surface area contributed by atoms with E-state index in [1.54, 1.807) is 0 Å². The SMILES string of the molecule is c1ccc(-n2c3ccccc3c3cc4c(cc32)c2ccccc2n4-c2ccc(-c3ccnc(-n4c5ccccc5c5cc6c(cc54)c4ccccc4n6-c4ccccc4)c3)nc2)cc1. The van der Waals surface area contributed by atoms with Gasteiger partial charge in [0.25, 0.3) is 0 Å². The van der Waals surface area contributed by atoms with Gasteiger partial charge in [-0.15, -0.1) is 0 Å². The van der Waals surface area contributed by atoms with Crippen LogP contribution in [-0.2, 0) is 0 Å². The van der Waals surface area contributed by atoms with E-state index in [2.05, 4.69) is 225 Å². The highest BCUT2D eigenvalue weighted by molar-refractivity contribution is 6.20. The zero-order valence-electron chi connectivity index (χ0n) is 34.5. The third-order valence-electron chi connectivity index (χ3n) is 13.2. The van der Waals surface area contributed by atoms with E-state index >= 15 is 0 Å². The summed E-state index contributed by atoms with van der Waals surface area (Å²) in [5.74, 6) is 0.849. The standard InChI is InChI=1S/C58H36N6/c1-3-15-38(16-4-1)61-50-23-11-7-19-41(50)45-33-56-46(32-54(45)61)43-21-9-13-25-52(43)63(56)40-27-28-49(60-36-40)37-29-30-59-58(31-37)64-53-26-14-10-22-44(53)48-34-55-47(35-57(48)64)42-20-8-12-24-51(42)62(55)39-17-5-2-6-18-39/h1-36H. The molecule has 0 bridgehead atoms. The van der Waals surface area contributed by atoms with Crippen LogP contribution in [0.25, 0.3) is 121 Å². The molecule has 14 aromatic rings.